The summed E-state index contributed by atoms with van der Waals surface area (Å²) in [5.74, 6) is 0.910. The van der Waals surface area contributed by atoms with Crippen molar-refractivity contribution in [1.29, 1.82) is 0 Å². The first-order chi connectivity index (χ1) is 9.09. The number of nitrogens with one attached hydrogen (secondary N) is 1. The minimum Gasteiger partial charge on any atom is -0.381 e. The van der Waals surface area contributed by atoms with Gasteiger partial charge in [0.25, 0.3) is 0 Å². The SMILES string of the molecule is CCCC1NC2(CC2)C(=O)N1CCCOCC(C)C. The molecule has 1 saturated carbocycles. The van der Waals surface area contributed by atoms with Gasteiger partial charge in [-0.1, -0.05) is 27.2 Å². The molecule has 2 rings (SSSR count). The number of carbonyl (C=O) groups excluding carboxylic acids is 1. The van der Waals surface area contributed by atoms with Crippen molar-refractivity contribution in [3.05, 3.63) is 0 Å². The van der Waals surface area contributed by atoms with Crippen LogP contribution >= 0.6 is 0 Å². The molecule has 4 nitrogen and oxygen atoms in total. The monoisotopic (exact) mass is 268 g/mol. The van der Waals surface area contributed by atoms with Crippen LogP contribution in [0.1, 0.15) is 52.9 Å². The van der Waals surface area contributed by atoms with Crippen LogP contribution in [-0.4, -0.2) is 42.3 Å². The highest BCUT2D eigenvalue weighted by molar-refractivity contribution is 5.91. The summed E-state index contributed by atoms with van der Waals surface area (Å²) in [6, 6.07) is 0. The van der Waals surface area contributed by atoms with Gasteiger partial charge < -0.3 is 9.64 Å². The highest BCUT2D eigenvalue weighted by Crippen LogP contribution is 2.42. The molecular formula is C15H28N2O2. The maximum atomic E-state index is 12.4. The highest BCUT2D eigenvalue weighted by atomic mass is 16.5. The van der Waals surface area contributed by atoms with Crippen LogP contribution in [0.2, 0.25) is 0 Å². The molecule has 1 atom stereocenters. The molecule has 1 N–H and O–H groups in total. The average Bonchev–Trinajstić information content (AvgIpc) is 3.08. The van der Waals surface area contributed by atoms with Crippen LogP contribution in [0.3, 0.4) is 0 Å². The van der Waals surface area contributed by atoms with Crippen molar-refractivity contribution in [2.45, 2.75) is 64.6 Å². The quantitative estimate of drug-likeness (QED) is 0.686. The highest BCUT2D eigenvalue weighted by Gasteiger charge is 2.58. The number of carbonyl (C=O) groups is 1. The van der Waals surface area contributed by atoms with E-state index in [-0.39, 0.29) is 11.7 Å². The van der Waals surface area contributed by atoms with Gasteiger partial charge >= 0.3 is 0 Å². The third-order valence-corrected chi connectivity index (χ3v) is 3.94. The normalized spacial score (nSPS) is 24.7. The lowest BCUT2D eigenvalue weighted by atomic mass is 10.2. The molecule has 2 fully saturated rings. The van der Waals surface area contributed by atoms with Gasteiger partial charge in [-0.15, -0.1) is 0 Å². The predicted octanol–water partition coefficient (Wildman–Crippen LogP) is 2.14. The van der Waals surface area contributed by atoms with E-state index in [0.29, 0.717) is 11.8 Å². The standard InChI is InChI=1S/C15H28N2O2/c1-4-6-13-16-15(7-8-15)14(18)17(13)9-5-10-19-11-12(2)3/h12-13,16H,4-11H2,1-3H3. The molecule has 0 radical (unpaired) electrons. The predicted molar refractivity (Wildman–Crippen MR) is 75.8 cm³/mol. The van der Waals surface area contributed by atoms with E-state index in [0.717, 1.165) is 51.9 Å². The Morgan fingerprint density at radius 2 is 2.21 bits per heavy atom. The molecule has 1 saturated heterocycles. The minimum absolute atomic E-state index is 0.168. The van der Waals surface area contributed by atoms with E-state index < -0.39 is 0 Å². The lowest BCUT2D eigenvalue weighted by molar-refractivity contribution is -0.131. The van der Waals surface area contributed by atoms with Crippen LogP contribution in [0.4, 0.5) is 0 Å². The van der Waals surface area contributed by atoms with Crippen molar-refractivity contribution >= 4 is 5.91 Å². The largest absolute Gasteiger partial charge is 0.381 e. The van der Waals surface area contributed by atoms with Crippen molar-refractivity contribution < 1.29 is 9.53 Å². The van der Waals surface area contributed by atoms with E-state index in [1.807, 2.05) is 0 Å². The Balaban J connectivity index is 1.75. The van der Waals surface area contributed by atoms with Gasteiger partial charge in [0, 0.05) is 19.8 Å². The van der Waals surface area contributed by atoms with Crippen molar-refractivity contribution in [3.8, 4) is 0 Å². The molecule has 110 valence electrons. The van der Waals surface area contributed by atoms with Gasteiger partial charge in [-0.2, -0.15) is 0 Å². The summed E-state index contributed by atoms with van der Waals surface area (Å²) in [5.41, 5.74) is -0.168. The van der Waals surface area contributed by atoms with Crippen molar-refractivity contribution in [1.82, 2.24) is 10.2 Å². The Morgan fingerprint density at radius 3 is 2.79 bits per heavy atom. The van der Waals surface area contributed by atoms with Crippen molar-refractivity contribution in [2.24, 2.45) is 5.92 Å². The Labute approximate surface area is 116 Å². The molecular weight excluding hydrogens is 240 g/mol. The summed E-state index contributed by atoms with van der Waals surface area (Å²) in [7, 11) is 0. The second-order valence-electron chi connectivity index (χ2n) is 6.35. The lowest BCUT2D eigenvalue weighted by Gasteiger charge is -2.23. The maximum Gasteiger partial charge on any atom is 0.244 e. The van der Waals surface area contributed by atoms with Gasteiger partial charge in [0.15, 0.2) is 0 Å². The summed E-state index contributed by atoms with van der Waals surface area (Å²) in [6.07, 6.45) is 5.40. The zero-order valence-corrected chi connectivity index (χ0v) is 12.6. The minimum atomic E-state index is -0.168. The number of nitrogens with zero attached hydrogens (tertiary/aromatic N) is 1. The van der Waals surface area contributed by atoms with Crippen LogP contribution < -0.4 is 5.32 Å². The molecule has 1 heterocycles. The number of hydrogen-bond donors (Lipinski definition) is 1. The molecule has 2 aliphatic rings. The van der Waals surface area contributed by atoms with Crippen molar-refractivity contribution in [2.75, 3.05) is 19.8 Å². The Kier molecular flexibility index (Phi) is 4.85. The third kappa shape index (κ3) is 3.48. The molecule has 4 heteroatoms. The fourth-order valence-electron chi connectivity index (χ4n) is 2.77. The van der Waals surface area contributed by atoms with Gasteiger partial charge in [-0.3, -0.25) is 10.1 Å². The molecule has 0 aromatic carbocycles. The molecule has 0 aromatic heterocycles. The van der Waals surface area contributed by atoms with Crippen LogP contribution in [0.25, 0.3) is 0 Å². The summed E-state index contributed by atoms with van der Waals surface area (Å²) >= 11 is 0. The van der Waals surface area contributed by atoms with E-state index in [1.54, 1.807) is 0 Å². The first-order valence-electron chi connectivity index (χ1n) is 7.75. The Hall–Kier alpha value is -0.610. The maximum absolute atomic E-state index is 12.4. The topological polar surface area (TPSA) is 41.6 Å². The van der Waals surface area contributed by atoms with E-state index in [2.05, 4.69) is 31.0 Å². The fourth-order valence-corrected chi connectivity index (χ4v) is 2.77. The molecule has 1 amide bonds. The number of rotatable bonds is 8. The average molecular weight is 268 g/mol. The summed E-state index contributed by atoms with van der Waals surface area (Å²) in [5, 5.41) is 3.54. The van der Waals surface area contributed by atoms with Gasteiger partial charge in [0.2, 0.25) is 5.91 Å². The molecule has 1 unspecified atom stereocenters. The second-order valence-corrected chi connectivity index (χ2v) is 6.35. The molecule has 1 aliphatic heterocycles. The van der Waals surface area contributed by atoms with E-state index in [1.165, 1.54) is 0 Å². The molecule has 0 aromatic rings. The van der Waals surface area contributed by atoms with Crippen LogP contribution in [0.5, 0.6) is 0 Å². The Morgan fingerprint density at radius 1 is 1.47 bits per heavy atom. The van der Waals surface area contributed by atoms with Gasteiger partial charge in [-0.25, -0.2) is 0 Å². The summed E-state index contributed by atoms with van der Waals surface area (Å²) < 4.78 is 5.59. The first kappa shape index (κ1) is 14.8. The zero-order chi connectivity index (χ0) is 13.9. The van der Waals surface area contributed by atoms with E-state index >= 15 is 0 Å². The molecule has 1 spiro atoms. The summed E-state index contributed by atoms with van der Waals surface area (Å²) in [4.78, 5) is 14.4. The number of amides is 1. The first-order valence-corrected chi connectivity index (χ1v) is 7.75. The summed E-state index contributed by atoms with van der Waals surface area (Å²) in [6.45, 7) is 8.89. The lowest BCUT2D eigenvalue weighted by Crippen LogP contribution is -2.38. The third-order valence-electron chi connectivity index (χ3n) is 3.94. The van der Waals surface area contributed by atoms with Crippen LogP contribution in [-0.2, 0) is 9.53 Å². The van der Waals surface area contributed by atoms with E-state index in [9.17, 15) is 4.79 Å². The Bertz CT molecular complexity index is 313. The zero-order valence-electron chi connectivity index (χ0n) is 12.6. The smallest absolute Gasteiger partial charge is 0.244 e. The van der Waals surface area contributed by atoms with Gasteiger partial charge in [0.1, 0.15) is 0 Å². The fraction of sp³-hybridized carbons (Fsp3) is 0.933. The van der Waals surface area contributed by atoms with Crippen molar-refractivity contribution in [3.63, 3.8) is 0 Å². The van der Waals surface area contributed by atoms with Gasteiger partial charge in [0.05, 0.1) is 11.7 Å². The second kappa shape index (κ2) is 6.23. The molecule has 19 heavy (non-hydrogen) atoms. The molecule has 1 aliphatic carbocycles. The van der Waals surface area contributed by atoms with Gasteiger partial charge in [-0.05, 0) is 31.6 Å². The number of ether oxygens (including phenoxy) is 1. The van der Waals surface area contributed by atoms with E-state index in [4.69, 9.17) is 4.74 Å². The number of hydrogen-bond acceptors (Lipinski definition) is 3. The molecule has 0 bridgehead atoms. The van der Waals surface area contributed by atoms with Crippen LogP contribution in [0, 0.1) is 5.92 Å². The van der Waals surface area contributed by atoms with Crippen LogP contribution in [0.15, 0.2) is 0 Å².